The Labute approximate surface area is 170 Å². The van der Waals surface area contributed by atoms with Gasteiger partial charge in [0.25, 0.3) is 0 Å². The van der Waals surface area contributed by atoms with Crippen molar-refractivity contribution < 1.29 is 4.57 Å². The molecule has 0 aliphatic rings. The van der Waals surface area contributed by atoms with Gasteiger partial charge in [0.05, 0.1) is 5.69 Å². The summed E-state index contributed by atoms with van der Waals surface area (Å²) in [6.45, 7) is 6.57. The smallest absolute Gasteiger partial charge is 0.229 e. The molecular weight excluding hydrogens is 417 g/mol. The van der Waals surface area contributed by atoms with Crippen LogP contribution in [0.5, 0.6) is 0 Å². The Bertz CT molecular complexity index is 921. The van der Waals surface area contributed by atoms with E-state index in [1.165, 1.54) is 5.56 Å². The van der Waals surface area contributed by atoms with Gasteiger partial charge >= 0.3 is 0 Å². The van der Waals surface area contributed by atoms with E-state index in [0.29, 0.717) is 0 Å². The van der Waals surface area contributed by atoms with Crippen molar-refractivity contribution in [3.05, 3.63) is 88.9 Å². The lowest BCUT2D eigenvalue weighted by Gasteiger charge is -2.32. The minimum Gasteiger partial charge on any atom is -0.318 e. The van der Waals surface area contributed by atoms with Crippen LogP contribution in [0, 0.1) is 0 Å². The second-order valence-electron chi connectivity index (χ2n) is 7.69. The van der Waals surface area contributed by atoms with Crippen molar-refractivity contribution in [1.29, 1.82) is 0 Å². The summed E-state index contributed by atoms with van der Waals surface area (Å²) in [7, 11) is -1.10. The van der Waals surface area contributed by atoms with E-state index in [0.717, 1.165) is 20.8 Å². The van der Waals surface area contributed by atoms with Crippen molar-refractivity contribution in [3.63, 3.8) is 0 Å². The molecule has 0 N–H and O–H groups in total. The van der Waals surface area contributed by atoms with E-state index in [2.05, 4.69) is 54.9 Å². The Hall–Kier alpha value is -1.83. The average molecular weight is 442 g/mol. The molecule has 0 heterocycles. The highest BCUT2D eigenvalue weighted by molar-refractivity contribution is 9.10. The summed E-state index contributed by atoms with van der Waals surface area (Å²) < 4.78 is 17.3. The van der Waals surface area contributed by atoms with Gasteiger partial charge in [-0.2, -0.15) is 0 Å². The summed E-state index contributed by atoms with van der Waals surface area (Å²) in [6.07, 6.45) is 0. The van der Waals surface area contributed by atoms with Gasteiger partial charge in [-0.3, -0.25) is 4.57 Å². The molecule has 2 nitrogen and oxygen atoms in total. The molecule has 0 saturated heterocycles. The minimum atomic E-state index is -3.02. The fraction of sp³-hybridized carbons (Fsp3) is 0.217. The Morgan fingerprint density at radius 2 is 1.30 bits per heavy atom. The van der Waals surface area contributed by atoms with Gasteiger partial charge in [-0.15, -0.1) is 0 Å². The van der Waals surface area contributed by atoms with Crippen LogP contribution in [0.2, 0.25) is 0 Å². The summed E-state index contributed by atoms with van der Waals surface area (Å²) >= 11 is 3.72. The number of halogens is 1. The SMILES string of the molecule is CN(c1ccc(C(C)(C)C)cc1Br)P(=O)(c1ccccc1)c1ccccc1. The maximum absolute atomic E-state index is 14.5. The molecule has 0 fully saturated rings. The van der Waals surface area contributed by atoms with Crippen LogP contribution in [0.3, 0.4) is 0 Å². The van der Waals surface area contributed by atoms with Crippen molar-refractivity contribution in [3.8, 4) is 0 Å². The molecule has 0 amide bonds. The molecular formula is C23H25BrNOP. The summed E-state index contributed by atoms with van der Waals surface area (Å²) in [5.41, 5.74) is 2.21. The Kier molecular flexibility index (Phi) is 5.65. The van der Waals surface area contributed by atoms with E-state index < -0.39 is 7.29 Å². The molecule has 0 bridgehead atoms. The highest BCUT2D eigenvalue weighted by Gasteiger charge is 2.33. The van der Waals surface area contributed by atoms with Crippen molar-refractivity contribution in [2.45, 2.75) is 26.2 Å². The van der Waals surface area contributed by atoms with Crippen LogP contribution < -0.4 is 15.3 Å². The van der Waals surface area contributed by atoms with E-state index in [-0.39, 0.29) is 5.41 Å². The molecule has 0 spiro atoms. The Morgan fingerprint density at radius 3 is 1.70 bits per heavy atom. The van der Waals surface area contributed by atoms with Crippen molar-refractivity contribution in [1.82, 2.24) is 0 Å². The molecule has 3 aromatic rings. The van der Waals surface area contributed by atoms with Crippen LogP contribution in [-0.2, 0) is 9.98 Å². The molecule has 0 unspecified atom stereocenters. The molecule has 27 heavy (non-hydrogen) atoms. The van der Waals surface area contributed by atoms with Crippen molar-refractivity contribution >= 4 is 39.5 Å². The largest absolute Gasteiger partial charge is 0.318 e. The molecule has 0 aliphatic heterocycles. The molecule has 140 valence electrons. The van der Waals surface area contributed by atoms with Crippen LogP contribution in [0.15, 0.2) is 83.3 Å². The monoisotopic (exact) mass is 441 g/mol. The van der Waals surface area contributed by atoms with Crippen LogP contribution >= 0.6 is 23.2 Å². The topological polar surface area (TPSA) is 20.3 Å². The lowest BCUT2D eigenvalue weighted by molar-refractivity contribution is 0.585. The maximum atomic E-state index is 14.5. The number of hydrogen-bond donors (Lipinski definition) is 0. The van der Waals surface area contributed by atoms with Gasteiger partial charge in [-0.25, -0.2) is 0 Å². The lowest BCUT2D eigenvalue weighted by Crippen LogP contribution is -2.29. The maximum Gasteiger partial charge on any atom is 0.229 e. The second kappa shape index (κ2) is 7.66. The van der Waals surface area contributed by atoms with Gasteiger partial charge in [0.15, 0.2) is 0 Å². The standard InChI is InChI=1S/C23H25BrNOP/c1-23(2,3)18-15-16-22(21(24)17-18)25(4)27(26,19-11-7-5-8-12-19)20-13-9-6-10-14-20/h5-17H,1-4H3. The fourth-order valence-electron chi connectivity index (χ4n) is 3.14. The zero-order chi connectivity index (χ0) is 19.7. The molecule has 0 aromatic heterocycles. The highest BCUT2D eigenvalue weighted by atomic mass is 79.9. The van der Waals surface area contributed by atoms with Crippen LogP contribution in [0.4, 0.5) is 5.69 Å². The molecule has 0 aliphatic carbocycles. The first kappa shape index (κ1) is 19.9. The van der Waals surface area contributed by atoms with E-state index in [4.69, 9.17) is 0 Å². The summed E-state index contributed by atoms with van der Waals surface area (Å²) in [6, 6.07) is 25.8. The normalized spacial score (nSPS) is 12.0. The van der Waals surface area contributed by atoms with E-state index in [1.54, 1.807) is 0 Å². The minimum absolute atomic E-state index is 0.0577. The van der Waals surface area contributed by atoms with Crippen LogP contribution in [0.25, 0.3) is 0 Å². The van der Waals surface area contributed by atoms with E-state index in [9.17, 15) is 4.57 Å². The van der Waals surface area contributed by atoms with E-state index >= 15 is 0 Å². The molecule has 4 heteroatoms. The molecule has 0 saturated carbocycles. The summed E-state index contributed by atoms with van der Waals surface area (Å²) in [4.78, 5) is 0. The molecule has 0 atom stereocenters. The Balaban J connectivity index is 2.16. The van der Waals surface area contributed by atoms with Gasteiger partial charge in [-0.05, 0) is 63.3 Å². The van der Waals surface area contributed by atoms with Crippen molar-refractivity contribution in [2.75, 3.05) is 11.7 Å². The van der Waals surface area contributed by atoms with Gasteiger partial charge < -0.3 is 4.67 Å². The van der Waals surface area contributed by atoms with Crippen LogP contribution in [0.1, 0.15) is 26.3 Å². The highest BCUT2D eigenvalue weighted by Crippen LogP contribution is 2.50. The number of rotatable bonds is 4. The third-order valence-electron chi connectivity index (χ3n) is 4.80. The lowest BCUT2D eigenvalue weighted by atomic mass is 9.87. The zero-order valence-corrected chi connectivity index (χ0v) is 18.7. The molecule has 0 radical (unpaired) electrons. The fourth-order valence-corrected chi connectivity index (χ4v) is 6.55. The van der Waals surface area contributed by atoms with Crippen LogP contribution in [-0.4, -0.2) is 7.05 Å². The van der Waals surface area contributed by atoms with Gasteiger partial charge in [0, 0.05) is 22.1 Å². The quantitative estimate of drug-likeness (QED) is 0.455. The number of nitrogens with zero attached hydrogens (tertiary/aromatic N) is 1. The first-order valence-electron chi connectivity index (χ1n) is 9.00. The molecule has 3 rings (SSSR count). The predicted molar refractivity (Wildman–Crippen MR) is 121 cm³/mol. The Morgan fingerprint density at radius 1 is 0.815 bits per heavy atom. The predicted octanol–water partition coefficient (Wildman–Crippen LogP) is 6.11. The van der Waals surface area contributed by atoms with E-state index in [1.807, 2.05) is 72.4 Å². The number of anilines is 1. The van der Waals surface area contributed by atoms with Gasteiger partial charge in [0.2, 0.25) is 7.29 Å². The number of benzene rings is 3. The average Bonchev–Trinajstić information content (AvgIpc) is 2.67. The zero-order valence-electron chi connectivity index (χ0n) is 16.2. The first-order chi connectivity index (χ1) is 12.7. The second-order valence-corrected chi connectivity index (χ2v) is 11.3. The van der Waals surface area contributed by atoms with Gasteiger partial charge in [-0.1, -0.05) is 63.2 Å². The third-order valence-corrected chi connectivity index (χ3v) is 8.49. The van der Waals surface area contributed by atoms with Crippen molar-refractivity contribution in [2.24, 2.45) is 0 Å². The summed E-state index contributed by atoms with van der Waals surface area (Å²) in [5, 5.41) is 1.65. The molecule has 3 aromatic carbocycles. The summed E-state index contributed by atoms with van der Waals surface area (Å²) in [5.74, 6) is 0. The number of hydrogen-bond acceptors (Lipinski definition) is 1. The van der Waals surface area contributed by atoms with Gasteiger partial charge in [0.1, 0.15) is 0 Å². The first-order valence-corrected chi connectivity index (χ1v) is 11.5. The third kappa shape index (κ3) is 3.90.